The van der Waals surface area contributed by atoms with Gasteiger partial charge in [-0.25, -0.2) is 9.18 Å². The van der Waals surface area contributed by atoms with Crippen LogP contribution in [0.4, 0.5) is 4.39 Å². The molecule has 0 aliphatic heterocycles. The molecule has 1 N–H and O–H groups in total. The number of nitrogens with zero attached hydrogens (tertiary/aromatic N) is 1. The van der Waals surface area contributed by atoms with Gasteiger partial charge in [-0.2, -0.15) is 5.26 Å². The van der Waals surface area contributed by atoms with Crippen molar-refractivity contribution in [3.63, 3.8) is 0 Å². The van der Waals surface area contributed by atoms with Crippen molar-refractivity contribution < 1.29 is 18.7 Å². The van der Waals surface area contributed by atoms with E-state index in [-0.39, 0.29) is 5.56 Å². The highest BCUT2D eigenvalue weighted by Crippen LogP contribution is 2.28. The van der Waals surface area contributed by atoms with E-state index in [4.69, 9.17) is 10.00 Å². The number of ether oxygens (including phenoxy) is 1. The van der Waals surface area contributed by atoms with Crippen LogP contribution in [0.25, 0.3) is 0 Å². The first kappa shape index (κ1) is 16.0. The third-order valence-electron chi connectivity index (χ3n) is 3.79. The van der Waals surface area contributed by atoms with Gasteiger partial charge >= 0.3 is 5.97 Å². The molecule has 0 atom stereocenters. The lowest BCUT2D eigenvalue weighted by Crippen LogP contribution is -2.46. The average Bonchev–Trinajstić information content (AvgIpc) is 2.96. The number of halogens is 1. The molecule has 1 amide bonds. The first-order chi connectivity index (χ1) is 10.5. The molecule has 6 heteroatoms. The summed E-state index contributed by atoms with van der Waals surface area (Å²) in [6.45, 7) is 1.10. The van der Waals surface area contributed by atoms with Gasteiger partial charge in [-0.3, -0.25) is 4.79 Å². The molecule has 0 bridgehead atoms. The van der Waals surface area contributed by atoms with E-state index in [2.05, 4.69) is 11.4 Å². The summed E-state index contributed by atoms with van der Waals surface area (Å²) in [5, 5.41) is 11.8. The Morgan fingerprint density at radius 2 is 2.09 bits per heavy atom. The summed E-state index contributed by atoms with van der Waals surface area (Å²) in [7, 11) is 0. The Balaban J connectivity index is 1.89. The van der Waals surface area contributed by atoms with E-state index < -0.39 is 29.8 Å². The monoisotopic (exact) mass is 304 g/mol. The van der Waals surface area contributed by atoms with E-state index in [1.54, 1.807) is 6.92 Å². The molecule has 0 radical (unpaired) electrons. The molecule has 1 saturated carbocycles. The maximum absolute atomic E-state index is 13.4. The Morgan fingerprint density at radius 1 is 1.41 bits per heavy atom. The summed E-state index contributed by atoms with van der Waals surface area (Å²) in [5.74, 6) is -1.80. The van der Waals surface area contributed by atoms with Crippen molar-refractivity contribution in [2.45, 2.75) is 38.1 Å². The normalized spacial score (nSPS) is 15.9. The molecule has 1 aliphatic carbocycles. The Morgan fingerprint density at radius 3 is 2.68 bits per heavy atom. The molecule has 0 aromatic heterocycles. The van der Waals surface area contributed by atoms with Crippen LogP contribution in [0.5, 0.6) is 0 Å². The number of hydrogen-bond donors (Lipinski definition) is 1. The van der Waals surface area contributed by atoms with E-state index >= 15 is 0 Å². The fourth-order valence-electron chi connectivity index (χ4n) is 2.48. The third kappa shape index (κ3) is 3.61. The highest BCUT2D eigenvalue weighted by atomic mass is 19.1. The fraction of sp³-hybridized carbons (Fsp3) is 0.438. The van der Waals surface area contributed by atoms with Crippen LogP contribution < -0.4 is 5.32 Å². The molecular formula is C16H17FN2O3. The van der Waals surface area contributed by atoms with Crippen LogP contribution in [-0.2, 0) is 9.53 Å². The molecule has 0 unspecified atom stereocenters. The van der Waals surface area contributed by atoms with Crippen molar-refractivity contribution in [2.75, 3.05) is 6.61 Å². The van der Waals surface area contributed by atoms with Gasteiger partial charge in [0.2, 0.25) is 0 Å². The minimum absolute atomic E-state index is 0.0479. The van der Waals surface area contributed by atoms with Crippen LogP contribution in [0.15, 0.2) is 18.2 Å². The zero-order valence-corrected chi connectivity index (χ0v) is 12.3. The second-order valence-electron chi connectivity index (χ2n) is 5.49. The van der Waals surface area contributed by atoms with E-state index in [9.17, 15) is 14.0 Å². The van der Waals surface area contributed by atoms with Gasteiger partial charge in [0, 0.05) is 0 Å². The summed E-state index contributed by atoms with van der Waals surface area (Å²) < 4.78 is 18.2. The minimum Gasteiger partial charge on any atom is -0.452 e. The summed E-state index contributed by atoms with van der Waals surface area (Å²) in [6.07, 6.45) is 2.98. The van der Waals surface area contributed by atoms with Gasteiger partial charge in [-0.1, -0.05) is 6.07 Å². The predicted molar refractivity (Wildman–Crippen MR) is 76.4 cm³/mol. The highest BCUT2D eigenvalue weighted by molar-refractivity contribution is 5.91. The molecule has 0 saturated heterocycles. The second kappa shape index (κ2) is 6.56. The zero-order chi connectivity index (χ0) is 16.2. The van der Waals surface area contributed by atoms with Crippen molar-refractivity contribution in [3.05, 3.63) is 35.1 Å². The van der Waals surface area contributed by atoms with Crippen molar-refractivity contribution in [3.8, 4) is 6.07 Å². The molecule has 2 rings (SSSR count). The molecular weight excluding hydrogens is 287 g/mol. The molecule has 22 heavy (non-hydrogen) atoms. The van der Waals surface area contributed by atoms with Crippen molar-refractivity contribution in [1.82, 2.24) is 5.32 Å². The van der Waals surface area contributed by atoms with Crippen LogP contribution in [0.3, 0.4) is 0 Å². The first-order valence-electron chi connectivity index (χ1n) is 7.11. The van der Waals surface area contributed by atoms with Gasteiger partial charge in [-0.05, 0) is 50.3 Å². The number of carbonyl (C=O) groups is 2. The largest absolute Gasteiger partial charge is 0.452 e. The standard InChI is InChI=1S/C16H17FN2O3/c1-11-4-5-12(8-13(11)17)15(21)22-9-14(20)19-16(10-18)6-2-3-7-16/h4-5,8H,2-3,6-7,9H2,1H3,(H,19,20). The molecule has 116 valence electrons. The molecule has 0 spiro atoms. The van der Waals surface area contributed by atoms with E-state index in [1.807, 2.05) is 0 Å². The second-order valence-corrected chi connectivity index (χ2v) is 5.49. The lowest BCUT2D eigenvalue weighted by Gasteiger charge is -2.21. The van der Waals surface area contributed by atoms with Gasteiger partial charge in [-0.15, -0.1) is 0 Å². The van der Waals surface area contributed by atoms with Crippen molar-refractivity contribution in [2.24, 2.45) is 0 Å². The summed E-state index contributed by atoms with van der Waals surface area (Å²) in [6, 6.07) is 6.10. The van der Waals surface area contributed by atoms with Gasteiger partial charge < -0.3 is 10.1 Å². The lowest BCUT2D eigenvalue weighted by atomic mass is 10.00. The number of amides is 1. The fourth-order valence-corrected chi connectivity index (χ4v) is 2.48. The van der Waals surface area contributed by atoms with Gasteiger partial charge in [0.25, 0.3) is 5.91 Å². The third-order valence-corrected chi connectivity index (χ3v) is 3.79. The lowest BCUT2D eigenvalue weighted by molar-refractivity contribution is -0.125. The zero-order valence-electron chi connectivity index (χ0n) is 12.3. The van der Waals surface area contributed by atoms with Crippen LogP contribution in [-0.4, -0.2) is 24.0 Å². The predicted octanol–water partition coefficient (Wildman–Crippen LogP) is 2.24. The van der Waals surface area contributed by atoms with Crippen LogP contribution in [0, 0.1) is 24.1 Å². The molecule has 1 aliphatic rings. The van der Waals surface area contributed by atoms with E-state index in [0.29, 0.717) is 18.4 Å². The quantitative estimate of drug-likeness (QED) is 0.865. The smallest absolute Gasteiger partial charge is 0.338 e. The Kier molecular flexibility index (Phi) is 4.76. The number of carbonyl (C=O) groups excluding carboxylic acids is 2. The van der Waals surface area contributed by atoms with Crippen molar-refractivity contribution in [1.29, 1.82) is 5.26 Å². The van der Waals surface area contributed by atoms with Gasteiger partial charge in [0.1, 0.15) is 11.4 Å². The number of hydrogen-bond acceptors (Lipinski definition) is 4. The Labute approximate surface area is 128 Å². The van der Waals surface area contributed by atoms with E-state index in [1.165, 1.54) is 12.1 Å². The van der Waals surface area contributed by atoms with Crippen molar-refractivity contribution >= 4 is 11.9 Å². The summed E-state index contributed by atoms with van der Waals surface area (Å²) in [5.41, 5.74) is -0.377. The maximum atomic E-state index is 13.4. The van der Waals surface area contributed by atoms with Gasteiger partial charge in [0.05, 0.1) is 11.6 Å². The highest BCUT2D eigenvalue weighted by Gasteiger charge is 2.35. The average molecular weight is 304 g/mol. The molecule has 1 aromatic rings. The molecule has 0 heterocycles. The van der Waals surface area contributed by atoms with Crippen LogP contribution >= 0.6 is 0 Å². The van der Waals surface area contributed by atoms with Gasteiger partial charge in [0.15, 0.2) is 6.61 Å². The summed E-state index contributed by atoms with van der Waals surface area (Å²) >= 11 is 0. The van der Waals surface area contributed by atoms with Crippen LogP contribution in [0.1, 0.15) is 41.6 Å². The maximum Gasteiger partial charge on any atom is 0.338 e. The molecule has 5 nitrogen and oxygen atoms in total. The first-order valence-corrected chi connectivity index (χ1v) is 7.11. The topological polar surface area (TPSA) is 79.2 Å². The number of nitriles is 1. The van der Waals surface area contributed by atoms with E-state index in [0.717, 1.165) is 18.9 Å². The SMILES string of the molecule is Cc1ccc(C(=O)OCC(=O)NC2(C#N)CCCC2)cc1F. The minimum atomic E-state index is -0.848. The molecule has 1 fully saturated rings. The van der Waals surface area contributed by atoms with Crippen LogP contribution in [0.2, 0.25) is 0 Å². The number of rotatable bonds is 4. The number of esters is 1. The number of aryl methyl sites for hydroxylation is 1. The Bertz CT molecular complexity index is 631. The number of nitrogens with one attached hydrogen (secondary N) is 1. The Hall–Kier alpha value is -2.42. The summed E-state index contributed by atoms with van der Waals surface area (Å²) in [4.78, 5) is 23.6. The number of benzene rings is 1. The molecule has 1 aromatic carbocycles.